The highest BCUT2D eigenvalue weighted by molar-refractivity contribution is 7.10. The van der Waals surface area contributed by atoms with Gasteiger partial charge in [-0.25, -0.2) is 4.68 Å². The number of allylic oxidation sites excluding steroid dienone is 1. The van der Waals surface area contributed by atoms with Gasteiger partial charge in [-0.05, 0) is 23.6 Å². The molecule has 0 bridgehead atoms. The summed E-state index contributed by atoms with van der Waals surface area (Å²) in [6.45, 7) is 4.34. The van der Waals surface area contributed by atoms with Gasteiger partial charge in [0.2, 0.25) is 0 Å². The van der Waals surface area contributed by atoms with Crippen LogP contribution in [0.4, 0.5) is 0 Å². The predicted octanol–water partition coefficient (Wildman–Crippen LogP) is 2.70. The van der Waals surface area contributed by atoms with Crippen molar-refractivity contribution in [2.75, 3.05) is 0 Å². The maximum atomic E-state index is 4.02. The summed E-state index contributed by atoms with van der Waals surface area (Å²) in [6, 6.07) is 4.09. The molecular weight excluding hydrogens is 206 g/mol. The van der Waals surface area contributed by atoms with E-state index in [9.17, 15) is 0 Å². The number of thiophene rings is 1. The van der Waals surface area contributed by atoms with Crippen molar-refractivity contribution in [1.29, 1.82) is 0 Å². The van der Waals surface area contributed by atoms with Crippen LogP contribution in [0.15, 0.2) is 36.4 Å². The molecule has 0 aromatic carbocycles. The lowest BCUT2D eigenvalue weighted by Crippen LogP contribution is -1.94. The molecule has 0 aliphatic carbocycles. The molecule has 0 unspecified atom stereocenters. The van der Waals surface area contributed by atoms with Gasteiger partial charge in [0.1, 0.15) is 5.69 Å². The Morgan fingerprint density at radius 3 is 3.13 bits per heavy atom. The van der Waals surface area contributed by atoms with E-state index in [1.807, 2.05) is 29.8 Å². The van der Waals surface area contributed by atoms with Crippen LogP contribution >= 0.6 is 11.3 Å². The van der Waals surface area contributed by atoms with Crippen LogP contribution in [0.5, 0.6) is 0 Å². The molecule has 0 saturated carbocycles. The smallest absolute Gasteiger partial charge is 0.105 e. The largest absolute Gasteiger partial charge is 0.248 e. The van der Waals surface area contributed by atoms with E-state index in [1.54, 1.807) is 22.1 Å². The third kappa shape index (κ3) is 2.63. The van der Waals surface area contributed by atoms with E-state index in [-0.39, 0.29) is 0 Å². The van der Waals surface area contributed by atoms with Crippen LogP contribution in [0.2, 0.25) is 0 Å². The maximum Gasteiger partial charge on any atom is 0.105 e. The number of nitrogens with zero attached hydrogens (tertiary/aromatic N) is 3. The number of hydrogen-bond donors (Lipinski definition) is 0. The molecule has 76 valence electrons. The monoisotopic (exact) mass is 217 g/mol. The summed E-state index contributed by atoms with van der Waals surface area (Å²) in [5.74, 6) is 0. The van der Waals surface area contributed by atoms with Crippen LogP contribution < -0.4 is 0 Å². The van der Waals surface area contributed by atoms with Gasteiger partial charge in [0.25, 0.3) is 0 Å². The second-order valence-electron chi connectivity index (χ2n) is 3.00. The molecule has 15 heavy (non-hydrogen) atoms. The molecule has 3 nitrogen and oxygen atoms in total. The van der Waals surface area contributed by atoms with Gasteiger partial charge < -0.3 is 0 Å². The van der Waals surface area contributed by atoms with Gasteiger partial charge in [-0.15, -0.1) is 23.0 Å². The Hall–Kier alpha value is -1.68. The number of aromatic nitrogens is 3. The van der Waals surface area contributed by atoms with Crippen LogP contribution in [0.1, 0.15) is 10.6 Å². The molecular formula is C11H11N3S. The molecule has 2 rings (SSSR count). The molecule has 0 spiro atoms. The Labute approximate surface area is 92.4 Å². The molecule has 0 saturated heterocycles. The molecule has 0 N–H and O–H groups in total. The third-order valence-electron chi connectivity index (χ3n) is 1.83. The van der Waals surface area contributed by atoms with E-state index in [4.69, 9.17) is 0 Å². The van der Waals surface area contributed by atoms with Crippen molar-refractivity contribution < 1.29 is 0 Å². The molecule has 2 aromatic heterocycles. The summed E-state index contributed by atoms with van der Waals surface area (Å²) >= 11 is 1.70. The first-order chi connectivity index (χ1) is 7.38. The van der Waals surface area contributed by atoms with E-state index in [2.05, 4.69) is 23.0 Å². The van der Waals surface area contributed by atoms with Crippen molar-refractivity contribution in [3.8, 4) is 0 Å². The standard InChI is InChI=1S/C11H11N3S/c1-2-7-14-9-10(12-13-14)5-6-11-4-3-8-15-11/h2-6,8-9H,1,7H2/b6-5+. The van der Waals surface area contributed by atoms with Crippen molar-refractivity contribution in [2.45, 2.75) is 6.54 Å². The summed E-state index contributed by atoms with van der Waals surface area (Å²) in [5.41, 5.74) is 0.866. The number of hydrogen-bond acceptors (Lipinski definition) is 3. The zero-order valence-electron chi connectivity index (χ0n) is 8.21. The topological polar surface area (TPSA) is 30.7 Å². The van der Waals surface area contributed by atoms with Crippen LogP contribution in [0.25, 0.3) is 12.2 Å². The lowest BCUT2D eigenvalue weighted by molar-refractivity contribution is 0.662. The third-order valence-corrected chi connectivity index (χ3v) is 2.67. The fourth-order valence-electron chi connectivity index (χ4n) is 1.16. The minimum absolute atomic E-state index is 0.694. The van der Waals surface area contributed by atoms with Crippen molar-refractivity contribution in [2.24, 2.45) is 0 Å². The van der Waals surface area contributed by atoms with Gasteiger partial charge in [0.15, 0.2) is 0 Å². The highest BCUT2D eigenvalue weighted by Gasteiger charge is 1.94. The average Bonchev–Trinajstić information content (AvgIpc) is 2.85. The van der Waals surface area contributed by atoms with Crippen molar-refractivity contribution in [1.82, 2.24) is 15.0 Å². The normalized spacial score (nSPS) is 10.9. The van der Waals surface area contributed by atoms with Crippen molar-refractivity contribution in [3.63, 3.8) is 0 Å². The molecule has 0 atom stereocenters. The summed E-state index contributed by atoms with van der Waals surface area (Å²) in [7, 11) is 0. The lowest BCUT2D eigenvalue weighted by atomic mass is 10.3. The Morgan fingerprint density at radius 1 is 1.47 bits per heavy atom. The van der Waals surface area contributed by atoms with Crippen molar-refractivity contribution >= 4 is 23.5 Å². The molecule has 4 heteroatoms. The average molecular weight is 217 g/mol. The lowest BCUT2D eigenvalue weighted by Gasteiger charge is -1.88. The fraction of sp³-hybridized carbons (Fsp3) is 0.0909. The summed E-state index contributed by atoms with van der Waals surface area (Å²) < 4.78 is 1.75. The number of rotatable bonds is 4. The van der Waals surface area contributed by atoms with Gasteiger partial charge in [0, 0.05) is 4.88 Å². The van der Waals surface area contributed by atoms with Gasteiger partial charge in [-0.2, -0.15) is 0 Å². The van der Waals surface area contributed by atoms with E-state index in [0.717, 1.165) is 5.69 Å². The maximum absolute atomic E-state index is 4.02. The minimum atomic E-state index is 0.694. The Bertz CT molecular complexity index is 454. The van der Waals surface area contributed by atoms with Gasteiger partial charge >= 0.3 is 0 Å². The first-order valence-corrected chi connectivity index (χ1v) is 5.49. The molecule has 0 fully saturated rings. The second kappa shape index (κ2) is 4.70. The van der Waals surface area contributed by atoms with Crippen LogP contribution in [-0.2, 0) is 6.54 Å². The molecule has 2 aromatic rings. The fourth-order valence-corrected chi connectivity index (χ4v) is 1.78. The van der Waals surface area contributed by atoms with Gasteiger partial charge in [-0.1, -0.05) is 17.4 Å². The zero-order chi connectivity index (χ0) is 10.5. The SMILES string of the molecule is C=CCn1cc(/C=C/c2cccs2)nn1. The highest BCUT2D eigenvalue weighted by Crippen LogP contribution is 2.12. The summed E-state index contributed by atoms with van der Waals surface area (Å²) in [4.78, 5) is 1.22. The molecule has 0 aliphatic heterocycles. The quantitative estimate of drug-likeness (QED) is 0.737. The van der Waals surface area contributed by atoms with E-state index < -0.39 is 0 Å². The first kappa shape index (κ1) is 9.86. The van der Waals surface area contributed by atoms with Crippen LogP contribution in [0, 0.1) is 0 Å². The predicted molar refractivity (Wildman–Crippen MR) is 63.5 cm³/mol. The Morgan fingerprint density at radius 2 is 2.40 bits per heavy atom. The van der Waals surface area contributed by atoms with E-state index in [0.29, 0.717) is 6.54 Å². The second-order valence-corrected chi connectivity index (χ2v) is 3.98. The van der Waals surface area contributed by atoms with Crippen molar-refractivity contribution in [3.05, 3.63) is 46.9 Å². The molecule has 0 aliphatic rings. The van der Waals surface area contributed by atoms with Crippen LogP contribution in [-0.4, -0.2) is 15.0 Å². The van der Waals surface area contributed by atoms with Gasteiger partial charge in [0.05, 0.1) is 12.7 Å². The summed E-state index contributed by atoms with van der Waals surface area (Å²) in [6.07, 6.45) is 7.68. The minimum Gasteiger partial charge on any atom is -0.248 e. The van der Waals surface area contributed by atoms with E-state index in [1.165, 1.54) is 4.88 Å². The first-order valence-electron chi connectivity index (χ1n) is 4.61. The molecule has 2 heterocycles. The van der Waals surface area contributed by atoms with Crippen LogP contribution in [0.3, 0.4) is 0 Å². The Balaban J connectivity index is 2.07. The van der Waals surface area contributed by atoms with E-state index >= 15 is 0 Å². The highest BCUT2D eigenvalue weighted by atomic mass is 32.1. The zero-order valence-corrected chi connectivity index (χ0v) is 9.02. The van der Waals surface area contributed by atoms with Gasteiger partial charge in [-0.3, -0.25) is 0 Å². The molecule has 0 amide bonds. The Kier molecular flexibility index (Phi) is 3.09. The summed E-state index contributed by atoms with van der Waals surface area (Å²) in [5, 5.41) is 10.0. The molecule has 0 radical (unpaired) electrons.